The zero-order valence-corrected chi connectivity index (χ0v) is 19.2. The van der Waals surface area contributed by atoms with Gasteiger partial charge in [0.1, 0.15) is 11.6 Å². The molecule has 0 radical (unpaired) electrons. The van der Waals surface area contributed by atoms with Gasteiger partial charge in [-0.3, -0.25) is 0 Å². The van der Waals surface area contributed by atoms with Crippen LogP contribution in [0.3, 0.4) is 0 Å². The zero-order valence-electron chi connectivity index (χ0n) is 19.2. The fourth-order valence-electron chi connectivity index (χ4n) is 4.46. The summed E-state index contributed by atoms with van der Waals surface area (Å²) in [5, 5.41) is 4.45. The Hall–Kier alpha value is -3.78. The third-order valence-electron chi connectivity index (χ3n) is 6.32. The van der Waals surface area contributed by atoms with Crippen molar-refractivity contribution in [1.29, 1.82) is 0 Å². The Balaban J connectivity index is 1.43. The van der Waals surface area contributed by atoms with Gasteiger partial charge in [-0.25, -0.2) is 4.98 Å². The Labute approximate surface area is 193 Å². The third-order valence-corrected chi connectivity index (χ3v) is 6.32. The van der Waals surface area contributed by atoms with Crippen LogP contribution in [0.4, 0.5) is 23.0 Å². The highest BCUT2D eigenvalue weighted by Gasteiger charge is 2.26. The molecule has 33 heavy (non-hydrogen) atoms. The monoisotopic (exact) mass is 443 g/mol. The summed E-state index contributed by atoms with van der Waals surface area (Å²) in [6, 6.07) is 16.6. The topological polar surface area (TPSA) is 84.5 Å². The van der Waals surface area contributed by atoms with Crippen LogP contribution in [0.25, 0.3) is 16.7 Å². The van der Waals surface area contributed by atoms with Crippen molar-refractivity contribution in [1.82, 2.24) is 19.4 Å². The number of nitrogens with zero attached hydrogens (tertiary/aromatic N) is 5. The van der Waals surface area contributed by atoms with Crippen LogP contribution in [-0.2, 0) is 0 Å². The van der Waals surface area contributed by atoms with Gasteiger partial charge >= 0.3 is 0 Å². The second-order valence-electron chi connectivity index (χ2n) is 8.57. The molecule has 0 spiro atoms. The van der Waals surface area contributed by atoms with Crippen LogP contribution in [0.5, 0.6) is 5.75 Å². The molecule has 5 rings (SSSR count). The molecule has 0 unspecified atom stereocenters. The van der Waals surface area contributed by atoms with Gasteiger partial charge in [-0.05, 0) is 50.2 Å². The van der Waals surface area contributed by atoms with Crippen molar-refractivity contribution >= 4 is 33.9 Å². The van der Waals surface area contributed by atoms with Gasteiger partial charge < -0.3 is 30.2 Å². The molecule has 3 N–H and O–H groups in total. The summed E-state index contributed by atoms with van der Waals surface area (Å²) in [7, 11) is 5.90. The summed E-state index contributed by atoms with van der Waals surface area (Å²) < 4.78 is 7.74. The van der Waals surface area contributed by atoms with Crippen LogP contribution in [0, 0.1) is 0 Å². The van der Waals surface area contributed by atoms with E-state index in [9.17, 15) is 0 Å². The summed E-state index contributed by atoms with van der Waals surface area (Å²) in [6.45, 7) is 1.92. The predicted octanol–water partition coefficient (Wildman–Crippen LogP) is 3.90. The fourth-order valence-corrected chi connectivity index (χ4v) is 4.46. The smallest absolute Gasteiger partial charge is 0.229 e. The summed E-state index contributed by atoms with van der Waals surface area (Å²) in [4.78, 5) is 13.7. The Morgan fingerprint density at radius 3 is 2.79 bits per heavy atom. The largest absolute Gasteiger partial charge is 0.494 e. The Morgan fingerprint density at radius 1 is 1.15 bits per heavy atom. The number of anilines is 4. The van der Waals surface area contributed by atoms with Crippen LogP contribution in [0.2, 0.25) is 0 Å². The number of methoxy groups -OCH3 is 1. The number of fused-ring (bicyclic) bond motifs is 1. The van der Waals surface area contributed by atoms with Crippen LogP contribution in [0.15, 0.2) is 60.9 Å². The van der Waals surface area contributed by atoms with Gasteiger partial charge in [0.05, 0.1) is 29.7 Å². The van der Waals surface area contributed by atoms with E-state index in [-0.39, 0.29) is 0 Å². The number of aromatic nitrogens is 3. The second-order valence-corrected chi connectivity index (χ2v) is 8.57. The molecule has 1 aliphatic heterocycles. The molecular formula is C25H29N7O. The van der Waals surface area contributed by atoms with Crippen molar-refractivity contribution in [2.45, 2.75) is 12.5 Å². The van der Waals surface area contributed by atoms with Crippen molar-refractivity contribution < 1.29 is 4.74 Å². The highest BCUT2D eigenvalue weighted by molar-refractivity contribution is 5.82. The minimum atomic E-state index is 0.476. The Kier molecular flexibility index (Phi) is 5.51. The van der Waals surface area contributed by atoms with Crippen molar-refractivity contribution in [2.75, 3.05) is 50.2 Å². The van der Waals surface area contributed by atoms with Crippen molar-refractivity contribution in [2.24, 2.45) is 0 Å². The molecule has 0 bridgehead atoms. The van der Waals surface area contributed by atoms with Crippen molar-refractivity contribution in [3.8, 4) is 11.6 Å². The molecule has 8 nitrogen and oxygen atoms in total. The minimum absolute atomic E-state index is 0.476. The van der Waals surface area contributed by atoms with Gasteiger partial charge in [0.2, 0.25) is 5.95 Å². The molecule has 0 saturated carbocycles. The normalized spacial score (nSPS) is 16.0. The van der Waals surface area contributed by atoms with Crippen LogP contribution < -0.4 is 20.7 Å². The number of hydrogen-bond donors (Lipinski definition) is 2. The lowest BCUT2D eigenvalue weighted by Crippen LogP contribution is -2.31. The number of nitrogen functional groups attached to an aromatic ring is 1. The zero-order chi connectivity index (χ0) is 22.9. The van der Waals surface area contributed by atoms with Crippen molar-refractivity contribution in [3.05, 3.63) is 60.9 Å². The molecule has 3 heterocycles. The van der Waals surface area contributed by atoms with E-state index in [0.29, 0.717) is 23.4 Å². The first-order valence-corrected chi connectivity index (χ1v) is 11.1. The van der Waals surface area contributed by atoms with Gasteiger partial charge in [-0.15, -0.1) is 0 Å². The summed E-state index contributed by atoms with van der Waals surface area (Å²) in [5.41, 5.74) is 9.99. The Morgan fingerprint density at radius 2 is 2.00 bits per heavy atom. The van der Waals surface area contributed by atoms with E-state index in [2.05, 4.69) is 52.4 Å². The average molecular weight is 444 g/mol. The maximum atomic E-state index is 6.47. The molecule has 2 aromatic carbocycles. The van der Waals surface area contributed by atoms with E-state index in [1.165, 1.54) is 0 Å². The molecule has 8 heteroatoms. The maximum absolute atomic E-state index is 6.47. The maximum Gasteiger partial charge on any atom is 0.229 e. The summed E-state index contributed by atoms with van der Waals surface area (Å²) in [5.74, 6) is 1.96. The molecule has 2 aromatic heterocycles. The first kappa shape index (κ1) is 21.1. The van der Waals surface area contributed by atoms with Gasteiger partial charge in [-0.1, -0.05) is 18.2 Å². The molecule has 1 saturated heterocycles. The predicted molar refractivity (Wildman–Crippen MR) is 134 cm³/mol. The molecule has 1 aliphatic rings. The first-order valence-electron chi connectivity index (χ1n) is 11.1. The first-order chi connectivity index (χ1) is 16.0. The van der Waals surface area contributed by atoms with Gasteiger partial charge in [0.15, 0.2) is 0 Å². The highest BCUT2D eigenvalue weighted by atomic mass is 16.5. The number of ether oxygens (including phenoxy) is 1. The number of nitrogens with one attached hydrogen (secondary N) is 1. The number of hydrogen-bond acceptors (Lipinski definition) is 7. The van der Waals surface area contributed by atoms with E-state index in [1.807, 2.05) is 41.1 Å². The van der Waals surface area contributed by atoms with E-state index in [4.69, 9.17) is 15.5 Å². The molecule has 1 fully saturated rings. The molecule has 0 amide bonds. The summed E-state index contributed by atoms with van der Waals surface area (Å²) in [6.07, 6.45) is 4.87. The third kappa shape index (κ3) is 4.05. The standard InChI is InChI=1S/C25H29N7O/c1-30(2)18-10-12-31(16-18)22-15-23(33-3)20(14-19(22)26)28-25-27-11-8-24(29-25)32-13-9-17-6-4-5-7-21(17)32/h4-9,11,13-15,18H,10,12,16,26H2,1-3H3,(H,27,28,29)/t18-/m0/s1. The Bertz CT molecular complexity index is 1280. The SMILES string of the molecule is COc1cc(N2CC[C@H](N(C)C)C2)c(N)cc1Nc1nccc(-n2ccc3ccccc32)n1. The number of para-hydroxylation sites is 1. The lowest BCUT2D eigenvalue weighted by atomic mass is 10.2. The number of benzene rings is 2. The molecule has 1 atom stereocenters. The lowest BCUT2D eigenvalue weighted by Gasteiger charge is -2.24. The van der Waals surface area contributed by atoms with Gasteiger partial charge in [0.25, 0.3) is 0 Å². The molecule has 0 aliphatic carbocycles. The highest BCUT2D eigenvalue weighted by Crippen LogP contribution is 2.38. The van der Waals surface area contributed by atoms with Crippen LogP contribution in [-0.4, -0.2) is 59.8 Å². The molecular weight excluding hydrogens is 414 g/mol. The fraction of sp³-hybridized carbons (Fsp3) is 0.280. The van der Waals surface area contributed by atoms with E-state index >= 15 is 0 Å². The van der Waals surface area contributed by atoms with Crippen LogP contribution >= 0.6 is 0 Å². The quantitative estimate of drug-likeness (QED) is 0.437. The van der Waals surface area contributed by atoms with Gasteiger partial charge in [-0.2, -0.15) is 4.98 Å². The van der Waals surface area contributed by atoms with Crippen molar-refractivity contribution in [3.63, 3.8) is 0 Å². The number of nitrogens with two attached hydrogens (primary N) is 1. The minimum Gasteiger partial charge on any atom is -0.494 e. The lowest BCUT2D eigenvalue weighted by molar-refractivity contribution is 0.315. The number of rotatable bonds is 6. The second kappa shape index (κ2) is 8.63. The summed E-state index contributed by atoms with van der Waals surface area (Å²) >= 11 is 0. The average Bonchev–Trinajstić information content (AvgIpc) is 3.47. The van der Waals surface area contributed by atoms with E-state index < -0.39 is 0 Å². The number of likely N-dealkylation sites (N-methyl/N-ethyl adjacent to an activating group) is 1. The molecule has 4 aromatic rings. The van der Waals surface area contributed by atoms with E-state index in [0.717, 1.165) is 47.6 Å². The van der Waals surface area contributed by atoms with Gasteiger partial charge in [0, 0.05) is 37.6 Å². The van der Waals surface area contributed by atoms with E-state index in [1.54, 1.807) is 13.3 Å². The molecule has 170 valence electrons. The van der Waals surface area contributed by atoms with Crippen LogP contribution in [0.1, 0.15) is 6.42 Å².